The second-order valence-corrected chi connectivity index (χ2v) is 7.78. The van der Waals surface area contributed by atoms with Crippen LogP contribution >= 0.6 is 0 Å². The largest absolute Gasteiger partial charge is 0.472 e. The summed E-state index contributed by atoms with van der Waals surface area (Å²) in [6.07, 6.45) is 6.39. The summed E-state index contributed by atoms with van der Waals surface area (Å²) in [6, 6.07) is 9.17. The Balaban J connectivity index is 1.30. The molecule has 1 aliphatic carbocycles. The summed E-state index contributed by atoms with van der Waals surface area (Å²) in [7, 11) is 0. The molecule has 7 heteroatoms. The highest BCUT2D eigenvalue weighted by Crippen LogP contribution is 2.30. The van der Waals surface area contributed by atoms with Crippen molar-refractivity contribution < 1.29 is 18.8 Å². The summed E-state index contributed by atoms with van der Waals surface area (Å²) < 4.78 is 4.99. The molecule has 2 heterocycles. The van der Waals surface area contributed by atoms with Gasteiger partial charge in [0.2, 0.25) is 11.8 Å². The average molecular weight is 395 g/mol. The van der Waals surface area contributed by atoms with E-state index in [-0.39, 0.29) is 29.6 Å². The second kappa shape index (κ2) is 8.51. The van der Waals surface area contributed by atoms with Crippen LogP contribution in [0.3, 0.4) is 0 Å². The smallest absolute Gasteiger partial charge is 0.257 e. The Labute approximate surface area is 169 Å². The fourth-order valence-corrected chi connectivity index (χ4v) is 3.63. The first kappa shape index (κ1) is 19.2. The van der Waals surface area contributed by atoms with Crippen molar-refractivity contribution in [3.63, 3.8) is 0 Å². The first-order valence-corrected chi connectivity index (χ1v) is 10.1. The van der Waals surface area contributed by atoms with Crippen molar-refractivity contribution in [3.8, 4) is 0 Å². The maximum atomic E-state index is 12.6. The van der Waals surface area contributed by atoms with E-state index in [2.05, 4.69) is 10.6 Å². The SMILES string of the molecule is O=C(NCc1cccc(NC(=O)C2CC2)c1)C1CCCN(C(=O)c2ccoc2)C1. The van der Waals surface area contributed by atoms with Gasteiger partial charge in [-0.1, -0.05) is 12.1 Å². The van der Waals surface area contributed by atoms with E-state index in [1.165, 1.54) is 12.5 Å². The summed E-state index contributed by atoms with van der Waals surface area (Å²) >= 11 is 0. The molecule has 1 aromatic heterocycles. The number of benzene rings is 1. The fraction of sp³-hybridized carbons (Fsp3) is 0.409. The summed E-state index contributed by atoms with van der Waals surface area (Å²) in [4.78, 5) is 38.8. The minimum absolute atomic E-state index is 0.0536. The number of amides is 3. The molecule has 1 atom stereocenters. The third-order valence-corrected chi connectivity index (χ3v) is 5.46. The minimum atomic E-state index is -0.225. The molecule has 29 heavy (non-hydrogen) atoms. The lowest BCUT2D eigenvalue weighted by Gasteiger charge is -2.31. The number of anilines is 1. The molecule has 2 fully saturated rings. The van der Waals surface area contributed by atoms with E-state index in [4.69, 9.17) is 4.42 Å². The van der Waals surface area contributed by atoms with Crippen molar-refractivity contribution in [2.45, 2.75) is 32.2 Å². The van der Waals surface area contributed by atoms with Gasteiger partial charge in [0.15, 0.2) is 0 Å². The first-order valence-electron chi connectivity index (χ1n) is 10.1. The molecule has 1 aliphatic heterocycles. The standard InChI is InChI=1S/C22H25N3O4/c26-20(17-4-2-9-25(13-17)22(28)18-8-10-29-14-18)23-12-15-3-1-5-19(11-15)24-21(27)16-6-7-16/h1,3,5,8,10-11,14,16-17H,2,4,6-7,9,12-13H2,(H,23,26)(H,24,27). The van der Waals surface area contributed by atoms with Gasteiger partial charge in [0.05, 0.1) is 17.7 Å². The van der Waals surface area contributed by atoms with Gasteiger partial charge in [0, 0.05) is 31.2 Å². The monoisotopic (exact) mass is 395 g/mol. The molecule has 1 saturated heterocycles. The molecular weight excluding hydrogens is 370 g/mol. The van der Waals surface area contributed by atoms with Crippen molar-refractivity contribution in [2.24, 2.45) is 11.8 Å². The second-order valence-electron chi connectivity index (χ2n) is 7.78. The number of hydrogen-bond acceptors (Lipinski definition) is 4. The average Bonchev–Trinajstić information content (AvgIpc) is 3.46. The van der Waals surface area contributed by atoms with E-state index in [1.807, 2.05) is 24.3 Å². The molecule has 0 radical (unpaired) electrons. The predicted molar refractivity (Wildman–Crippen MR) is 107 cm³/mol. The zero-order chi connectivity index (χ0) is 20.2. The van der Waals surface area contributed by atoms with Crippen LogP contribution < -0.4 is 10.6 Å². The highest BCUT2D eigenvalue weighted by atomic mass is 16.3. The molecule has 2 aromatic rings. The number of furan rings is 1. The quantitative estimate of drug-likeness (QED) is 0.787. The van der Waals surface area contributed by atoms with E-state index >= 15 is 0 Å². The van der Waals surface area contributed by atoms with Gasteiger partial charge in [0.1, 0.15) is 6.26 Å². The van der Waals surface area contributed by atoms with Crippen LogP contribution in [0.25, 0.3) is 0 Å². The first-order chi connectivity index (χ1) is 14.1. The van der Waals surface area contributed by atoms with E-state index in [1.54, 1.807) is 11.0 Å². The van der Waals surface area contributed by atoms with Crippen LogP contribution in [-0.2, 0) is 16.1 Å². The summed E-state index contributed by atoms with van der Waals surface area (Å²) in [5.74, 6) is -0.164. The number of piperidine rings is 1. The number of nitrogens with zero attached hydrogens (tertiary/aromatic N) is 1. The number of carbonyl (C=O) groups is 3. The van der Waals surface area contributed by atoms with Crippen molar-refractivity contribution in [2.75, 3.05) is 18.4 Å². The highest BCUT2D eigenvalue weighted by Gasteiger charge is 2.30. The lowest BCUT2D eigenvalue weighted by Crippen LogP contribution is -2.45. The van der Waals surface area contributed by atoms with Gasteiger partial charge in [0.25, 0.3) is 5.91 Å². The molecule has 2 aliphatic rings. The molecule has 1 saturated carbocycles. The van der Waals surface area contributed by atoms with Crippen LogP contribution in [0, 0.1) is 11.8 Å². The Morgan fingerprint density at radius 3 is 2.69 bits per heavy atom. The molecule has 2 N–H and O–H groups in total. The number of likely N-dealkylation sites (tertiary alicyclic amines) is 1. The Hall–Kier alpha value is -3.09. The summed E-state index contributed by atoms with van der Waals surface area (Å²) in [5, 5.41) is 5.89. The van der Waals surface area contributed by atoms with E-state index < -0.39 is 0 Å². The van der Waals surface area contributed by atoms with Gasteiger partial charge in [-0.05, 0) is 49.4 Å². The summed E-state index contributed by atoms with van der Waals surface area (Å²) in [5.41, 5.74) is 2.19. The molecule has 0 bridgehead atoms. The maximum absolute atomic E-state index is 12.6. The third-order valence-electron chi connectivity index (χ3n) is 5.46. The van der Waals surface area contributed by atoms with E-state index in [9.17, 15) is 14.4 Å². The van der Waals surface area contributed by atoms with E-state index in [0.717, 1.165) is 36.9 Å². The van der Waals surface area contributed by atoms with Crippen molar-refractivity contribution >= 4 is 23.4 Å². The normalized spacial score (nSPS) is 18.9. The van der Waals surface area contributed by atoms with Gasteiger partial charge < -0.3 is 20.0 Å². The van der Waals surface area contributed by atoms with Crippen LogP contribution in [0.4, 0.5) is 5.69 Å². The molecule has 152 valence electrons. The Bertz CT molecular complexity index is 889. The predicted octanol–water partition coefficient (Wildman–Crippen LogP) is 2.80. The van der Waals surface area contributed by atoms with Gasteiger partial charge in [-0.3, -0.25) is 14.4 Å². The number of nitrogens with one attached hydrogen (secondary N) is 2. The zero-order valence-electron chi connectivity index (χ0n) is 16.2. The fourth-order valence-electron chi connectivity index (χ4n) is 3.63. The van der Waals surface area contributed by atoms with Crippen molar-refractivity contribution in [1.29, 1.82) is 0 Å². The Morgan fingerprint density at radius 1 is 1.07 bits per heavy atom. The zero-order valence-corrected chi connectivity index (χ0v) is 16.2. The number of rotatable bonds is 6. The van der Waals surface area contributed by atoms with E-state index in [0.29, 0.717) is 25.2 Å². The van der Waals surface area contributed by atoms with Crippen LogP contribution in [0.5, 0.6) is 0 Å². The van der Waals surface area contributed by atoms with Crippen LogP contribution in [-0.4, -0.2) is 35.7 Å². The Kier molecular flexibility index (Phi) is 5.64. The lowest BCUT2D eigenvalue weighted by atomic mass is 9.96. The Morgan fingerprint density at radius 2 is 1.93 bits per heavy atom. The van der Waals surface area contributed by atoms with Crippen LogP contribution in [0.2, 0.25) is 0 Å². The summed E-state index contributed by atoms with van der Waals surface area (Å²) in [6.45, 7) is 1.45. The maximum Gasteiger partial charge on any atom is 0.257 e. The third kappa shape index (κ3) is 4.85. The molecule has 1 unspecified atom stereocenters. The van der Waals surface area contributed by atoms with Crippen molar-refractivity contribution in [3.05, 3.63) is 54.0 Å². The van der Waals surface area contributed by atoms with Crippen molar-refractivity contribution in [1.82, 2.24) is 10.2 Å². The van der Waals surface area contributed by atoms with Crippen LogP contribution in [0.1, 0.15) is 41.6 Å². The minimum Gasteiger partial charge on any atom is -0.472 e. The molecule has 0 spiro atoms. The lowest BCUT2D eigenvalue weighted by molar-refractivity contribution is -0.126. The topological polar surface area (TPSA) is 91.7 Å². The molecule has 3 amide bonds. The van der Waals surface area contributed by atoms with Gasteiger partial charge in [-0.15, -0.1) is 0 Å². The van der Waals surface area contributed by atoms with Gasteiger partial charge in [-0.2, -0.15) is 0 Å². The van der Waals surface area contributed by atoms with Gasteiger partial charge >= 0.3 is 0 Å². The molecule has 1 aromatic carbocycles. The van der Waals surface area contributed by atoms with Crippen LogP contribution in [0.15, 0.2) is 47.3 Å². The highest BCUT2D eigenvalue weighted by molar-refractivity contribution is 5.94. The molecular formula is C22H25N3O4. The molecule has 4 rings (SSSR count). The molecule has 7 nitrogen and oxygen atoms in total. The number of hydrogen-bond donors (Lipinski definition) is 2. The number of carbonyl (C=O) groups excluding carboxylic acids is 3. The van der Waals surface area contributed by atoms with Gasteiger partial charge in [-0.25, -0.2) is 0 Å².